The Morgan fingerprint density at radius 1 is 1.21 bits per heavy atom. The molecule has 0 spiro atoms. The lowest BCUT2D eigenvalue weighted by Crippen LogP contribution is -2.32. The Morgan fingerprint density at radius 3 is 2.53 bits per heavy atom. The molecule has 0 radical (unpaired) electrons. The number of nitrogens with one attached hydrogen (secondary N) is 1. The smallest absolute Gasteiger partial charge is 0.277 e. The Bertz CT molecular complexity index is 523. The highest BCUT2D eigenvalue weighted by molar-refractivity contribution is 6.30. The number of anilines is 1. The number of benzene rings is 1. The van der Waals surface area contributed by atoms with Crippen LogP contribution in [0.2, 0.25) is 5.02 Å². The molecule has 0 unspecified atom stereocenters. The minimum absolute atomic E-state index is 0.255. The predicted octanol–water partition coefficient (Wildman–Crippen LogP) is 2.80. The molecule has 100 valence electrons. The number of nitrogens with zero attached hydrogens (tertiary/aromatic N) is 1. The molecular formula is C14H15ClN2O2. The van der Waals surface area contributed by atoms with Crippen molar-refractivity contribution in [2.24, 2.45) is 0 Å². The van der Waals surface area contributed by atoms with E-state index in [1.807, 2.05) is 6.92 Å². The SMILES string of the molecule is CCCCN1C(=O)C=C(Nc2ccc(Cl)cc2)C1=O. The van der Waals surface area contributed by atoms with Crippen molar-refractivity contribution in [3.63, 3.8) is 0 Å². The van der Waals surface area contributed by atoms with Crippen LogP contribution in [0.25, 0.3) is 0 Å². The molecule has 1 aromatic rings. The summed E-state index contributed by atoms with van der Waals surface area (Å²) in [6.45, 7) is 2.49. The second-order valence-corrected chi connectivity index (χ2v) is 4.77. The van der Waals surface area contributed by atoms with Crippen molar-refractivity contribution in [1.29, 1.82) is 0 Å². The van der Waals surface area contributed by atoms with Gasteiger partial charge in [0.05, 0.1) is 0 Å². The molecule has 0 saturated carbocycles. The zero-order valence-electron chi connectivity index (χ0n) is 10.6. The predicted molar refractivity (Wildman–Crippen MR) is 74.8 cm³/mol. The van der Waals surface area contributed by atoms with E-state index in [1.165, 1.54) is 11.0 Å². The summed E-state index contributed by atoms with van der Waals surface area (Å²) in [5.41, 5.74) is 1.04. The first-order valence-corrected chi connectivity index (χ1v) is 6.59. The molecule has 2 amide bonds. The fourth-order valence-electron chi connectivity index (χ4n) is 1.81. The maximum absolute atomic E-state index is 12.0. The fourth-order valence-corrected chi connectivity index (χ4v) is 1.94. The molecule has 0 saturated heterocycles. The first-order valence-electron chi connectivity index (χ1n) is 6.22. The van der Waals surface area contributed by atoms with Gasteiger partial charge in [0.2, 0.25) is 0 Å². The lowest BCUT2D eigenvalue weighted by atomic mass is 10.3. The lowest BCUT2D eigenvalue weighted by molar-refractivity contribution is -0.137. The average Bonchev–Trinajstić information content (AvgIpc) is 2.65. The normalized spacial score (nSPS) is 14.8. The zero-order valence-corrected chi connectivity index (χ0v) is 11.4. The topological polar surface area (TPSA) is 49.4 Å². The molecule has 1 N–H and O–H groups in total. The van der Waals surface area contributed by atoms with Crippen LogP contribution >= 0.6 is 11.6 Å². The van der Waals surface area contributed by atoms with Crippen molar-refractivity contribution < 1.29 is 9.59 Å². The van der Waals surface area contributed by atoms with Crippen LogP contribution in [0.5, 0.6) is 0 Å². The largest absolute Gasteiger partial charge is 0.351 e. The summed E-state index contributed by atoms with van der Waals surface area (Å²) < 4.78 is 0. The van der Waals surface area contributed by atoms with Gasteiger partial charge in [-0.3, -0.25) is 14.5 Å². The van der Waals surface area contributed by atoms with E-state index in [4.69, 9.17) is 11.6 Å². The molecule has 2 rings (SSSR count). The Balaban J connectivity index is 2.05. The molecule has 1 aromatic carbocycles. The number of halogens is 1. The Kier molecular flexibility index (Phi) is 4.22. The van der Waals surface area contributed by atoms with Gasteiger partial charge in [0.25, 0.3) is 11.8 Å². The quantitative estimate of drug-likeness (QED) is 0.843. The summed E-state index contributed by atoms with van der Waals surface area (Å²) in [6.07, 6.45) is 3.10. The van der Waals surface area contributed by atoms with E-state index in [0.717, 1.165) is 18.5 Å². The molecular weight excluding hydrogens is 264 g/mol. The third-order valence-electron chi connectivity index (χ3n) is 2.87. The van der Waals surface area contributed by atoms with E-state index in [-0.39, 0.29) is 11.8 Å². The Morgan fingerprint density at radius 2 is 1.89 bits per heavy atom. The van der Waals surface area contributed by atoms with Gasteiger partial charge in [0.15, 0.2) is 0 Å². The van der Waals surface area contributed by atoms with Gasteiger partial charge in [-0.2, -0.15) is 0 Å². The van der Waals surface area contributed by atoms with E-state index < -0.39 is 0 Å². The van der Waals surface area contributed by atoms with Crippen LogP contribution in [-0.2, 0) is 9.59 Å². The Hall–Kier alpha value is -1.81. The number of carbonyl (C=O) groups is 2. The van der Waals surface area contributed by atoms with Crippen molar-refractivity contribution in [3.05, 3.63) is 41.1 Å². The van der Waals surface area contributed by atoms with Crippen LogP contribution < -0.4 is 5.32 Å². The third-order valence-corrected chi connectivity index (χ3v) is 3.12. The molecule has 1 heterocycles. The monoisotopic (exact) mass is 278 g/mol. The maximum Gasteiger partial charge on any atom is 0.277 e. The van der Waals surface area contributed by atoms with Gasteiger partial charge in [-0.05, 0) is 30.7 Å². The van der Waals surface area contributed by atoms with Gasteiger partial charge in [-0.15, -0.1) is 0 Å². The number of hydrogen-bond donors (Lipinski definition) is 1. The molecule has 0 aliphatic carbocycles. The van der Waals surface area contributed by atoms with Crippen LogP contribution in [-0.4, -0.2) is 23.3 Å². The summed E-state index contributed by atoms with van der Waals surface area (Å²) in [6, 6.07) is 6.96. The first-order chi connectivity index (χ1) is 9.11. The van der Waals surface area contributed by atoms with E-state index in [1.54, 1.807) is 24.3 Å². The van der Waals surface area contributed by atoms with Crippen LogP contribution in [0.4, 0.5) is 5.69 Å². The highest BCUT2D eigenvalue weighted by Gasteiger charge is 2.30. The summed E-state index contributed by atoms with van der Waals surface area (Å²) in [7, 11) is 0. The minimum Gasteiger partial charge on any atom is -0.351 e. The fraction of sp³-hybridized carbons (Fsp3) is 0.286. The van der Waals surface area contributed by atoms with Crippen LogP contribution in [0.1, 0.15) is 19.8 Å². The zero-order chi connectivity index (χ0) is 13.8. The molecule has 1 aliphatic heterocycles. The molecule has 0 atom stereocenters. The molecule has 1 aliphatic rings. The molecule has 0 bridgehead atoms. The van der Waals surface area contributed by atoms with E-state index >= 15 is 0 Å². The third kappa shape index (κ3) is 3.15. The highest BCUT2D eigenvalue weighted by Crippen LogP contribution is 2.19. The highest BCUT2D eigenvalue weighted by atomic mass is 35.5. The van der Waals surface area contributed by atoms with Crippen LogP contribution in [0, 0.1) is 0 Å². The van der Waals surface area contributed by atoms with Gasteiger partial charge in [-0.25, -0.2) is 0 Å². The summed E-state index contributed by atoms with van der Waals surface area (Å²) >= 11 is 5.79. The first kappa shape index (κ1) is 13.6. The molecule has 0 fully saturated rings. The maximum atomic E-state index is 12.0. The summed E-state index contributed by atoms with van der Waals surface area (Å²) in [5, 5.41) is 3.57. The van der Waals surface area contributed by atoms with Crippen molar-refractivity contribution in [2.45, 2.75) is 19.8 Å². The van der Waals surface area contributed by atoms with Gasteiger partial charge in [0.1, 0.15) is 5.70 Å². The number of carbonyl (C=O) groups excluding carboxylic acids is 2. The van der Waals surface area contributed by atoms with Crippen molar-refractivity contribution in [3.8, 4) is 0 Å². The van der Waals surface area contributed by atoms with Crippen molar-refractivity contribution in [1.82, 2.24) is 4.90 Å². The standard InChI is InChI=1S/C14H15ClN2O2/c1-2-3-8-17-13(18)9-12(14(17)19)16-11-6-4-10(15)5-7-11/h4-7,9,16H,2-3,8H2,1H3. The molecule has 4 nitrogen and oxygen atoms in total. The molecule has 0 aromatic heterocycles. The van der Waals surface area contributed by atoms with E-state index in [9.17, 15) is 9.59 Å². The Labute approximate surface area is 117 Å². The number of imide groups is 1. The minimum atomic E-state index is -0.270. The number of amides is 2. The second kappa shape index (κ2) is 5.89. The second-order valence-electron chi connectivity index (χ2n) is 4.34. The van der Waals surface area contributed by atoms with Crippen LogP contribution in [0.3, 0.4) is 0 Å². The van der Waals surface area contributed by atoms with Gasteiger partial charge < -0.3 is 5.32 Å². The van der Waals surface area contributed by atoms with E-state index in [2.05, 4.69) is 5.32 Å². The van der Waals surface area contributed by atoms with Gasteiger partial charge in [-0.1, -0.05) is 24.9 Å². The number of unbranched alkanes of at least 4 members (excludes halogenated alkanes) is 1. The number of hydrogen-bond acceptors (Lipinski definition) is 3. The average molecular weight is 279 g/mol. The van der Waals surface area contributed by atoms with Crippen LogP contribution in [0.15, 0.2) is 36.0 Å². The van der Waals surface area contributed by atoms with Gasteiger partial charge >= 0.3 is 0 Å². The lowest BCUT2D eigenvalue weighted by Gasteiger charge is -2.14. The summed E-state index contributed by atoms with van der Waals surface area (Å²) in [5.74, 6) is -0.525. The summed E-state index contributed by atoms with van der Waals surface area (Å²) in [4.78, 5) is 25.0. The molecule has 19 heavy (non-hydrogen) atoms. The van der Waals surface area contributed by atoms with Crippen molar-refractivity contribution >= 4 is 29.1 Å². The number of rotatable bonds is 5. The van der Waals surface area contributed by atoms with E-state index in [0.29, 0.717) is 17.3 Å². The molecule has 5 heteroatoms. The van der Waals surface area contributed by atoms with Gasteiger partial charge in [0, 0.05) is 23.3 Å². The van der Waals surface area contributed by atoms with Crippen molar-refractivity contribution in [2.75, 3.05) is 11.9 Å².